The number of hydrogen-bond donors (Lipinski definition) is 5. The summed E-state index contributed by atoms with van der Waals surface area (Å²) < 4.78 is 12.8. The maximum absolute atomic E-state index is 13.1. The van der Waals surface area contributed by atoms with E-state index >= 15 is 0 Å². The van der Waals surface area contributed by atoms with Crippen LogP contribution in [0.25, 0.3) is 0 Å². The van der Waals surface area contributed by atoms with Gasteiger partial charge in [0, 0.05) is 106 Å². The molecule has 5 N–H and O–H groups in total. The summed E-state index contributed by atoms with van der Waals surface area (Å²) in [6.07, 6.45) is 16.1. The van der Waals surface area contributed by atoms with Gasteiger partial charge in [-0.15, -0.1) is 12.4 Å². The fraction of sp³-hybridized carbons (Fsp3) is 0.419. The maximum Gasteiger partial charge on any atom is 0.255 e. The number of likely N-dealkylation sites (tertiary alicyclic amines) is 1. The first-order valence-electron chi connectivity index (χ1n) is 41.0. The van der Waals surface area contributed by atoms with E-state index < -0.39 is 12.1 Å². The van der Waals surface area contributed by atoms with Gasteiger partial charge in [-0.2, -0.15) is 0 Å². The van der Waals surface area contributed by atoms with Crippen molar-refractivity contribution >= 4 is 59.2 Å². The van der Waals surface area contributed by atoms with E-state index in [1.165, 1.54) is 63.8 Å². The lowest BCUT2D eigenvalue weighted by atomic mass is 9.69. The van der Waals surface area contributed by atoms with Gasteiger partial charge < -0.3 is 49.5 Å². The van der Waals surface area contributed by atoms with Gasteiger partial charge in [-0.3, -0.25) is 39.4 Å². The van der Waals surface area contributed by atoms with Crippen molar-refractivity contribution in [1.29, 1.82) is 0 Å². The monoisotopic (exact) mass is 1530 g/mol. The summed E-state index contributed by atoms with van der Waals surface area (Å²) in [5.41, 5.74) is 16.1. The van der Waals surface area contributed by atoms with Crippen LogP contribution in [0.15, 0.2) is 182 Å². The van der Waals surface area contributed by atoms with Crippen LogP contribution in [0.4, 0.5) is 11.4 Å². The van der Waals surface area contributed by atoms with Crippen LogP contribution in [-0.2, 0) is 45.1 Å². The first-order chi connectivity index (χ1) is 54.2. The molecule has 584 valence electrons. The molecular formula is C93H105ClN8O10. The summed E-state index contributed by atoms with van der Waals surface area (Å²) in [6.45, 7) is 12.5. The number of piperidine rings is 6. The molecule has 6 saturated heterocycles. The van der Waals surface area contributed by atoms with E-state index in [1.807, 2.05) is 48.5 Å². The van der Waals surface area contributed by atoms with Crippen LogP contribution in [0, 0.1) is 11.8 Å². The van der Waals surface area contributed by atoms with Crippen molar-refractivity contribution in [3.63, 3.8) is 0 Å². The number of amides is 6. The van der Waals surface area contributed by atoms with Gasteiger partial charge in [0.05, 0.1) is 0 Å². The Labute approximate surface area is 664 Å². The lowest BCUT2D eigenvalue weighted by Gasteiger charge is -2.38. The number of halogens is 1. The molecule has 8 heterocycles. The van der Waals surface area contributed by atoms with E-state index in [0.29, 0.717) is 72.4 Å². The van der Waals surface area contributed by atoms with E-state index in [0.717, 1.165) is 163 Å². The fourth-order valence-corrected chi connectivity index (χ4v) is 19.4. The van der Waals surface area contributed by atoms with E-state index in [1.54, 1.807) is 9.80 Å². The third-order valence-electron chi connectivity index (χ3n) is 25.6. The molecule has 0 radical (unpaired) electrons. The lowest BCUT2D eigenvalue weighted by Crippen LogP contribution is -2.52. The topological polar surface area (TPSA) is 214 Å². The Hall–Kier alpha value is -10.0. The van der Waals surface area contributed by atoms with Gasteiger partial charge in [-0.25, -0.2) is 0 Å². The fourth-order valence-electron chi connectivity index (χ4n) is 19.4. The van der Waals surface area contributed by atoms with Crippen molar-refractivity contribution in [2.24, 2.45) is 11.8 Å². The number of fused-ring (bicyclic) bond motifs is 4. The predicted molar refractivity (Wildman–Crippen MR) is 437 cm³/mol. The second-order valence-corrected chi connectivity index (χ2v) is 32.4. The van der Waals surface area contributed by atoms with Crippen LogP contribution < -0.4 is 35.2 Å². The van der Waals surface area contributed by atoms with Crippen LogP contribution in [-0.4, -0.2) is 144 Å². The molecule has 8 aromatic rings. The highest BCUT2D eigenvalue weighted by atomic mass is 35.5. The minimum Gasteiger partial charge on any atom is -0.508 e. The molecule has 10 aliphatic rings. The molecular weight excluding hydrogens is 1420 g/mol. The van der Waals surface area contributed by atoms with Crippen molar-refractivity contribution in [3.05, 3.63) is 249 Å². The molecule has 6 fully saturated rings. The lowest BCUT2D eigenvalue weighted by molar-refractivity contribution is -0.138. The molecule has 19 heteroatoms. The smallest absolute Gasteiger partial charge is 0.255 e. The third-order valence-corrected chi connectivity index (χ3v) is 25.6. The molecule has 0 bridgehead atoms. The number of aromatic hydroxyl groups is 2. The molecule has 0 aromatic heterocycles. The second-order valence-electron chi connectivity index (χ2n) is 32.4. The summed E-state index contributed by atoms with van der Waals surface area (Å²) >= 11 is 0. The van der Waals surface area contributed by atoms with E-state index in [-0.39, 0.29) is 78.6 Å². The van der Waals surface area contributed by atoms with Gasteiger partial charge in [0.2, 0.25) is 23.6 Å². The average Bonchev–Trinajstić information content (AvgIpc) is 1.06. The number of anilines is 2. The highest BCUT2D eigenvalue weighted by molar-refractivity contribution is 6.06. The summed E-state index contributed by atoms with van der Waals surface area (Å²) in [7, 11) is 0. The number of aryl methyl sites for hydroxylation is 2. The van der Waals surface area contributed by atoms with Gasteiger partial charge in [-0.05, 0) is 267 Å². The first-order valence-corrected chi connectivity index (χ1v) is 41.0. The van der Waals surface area contributed by atoms with Crippen molar-refractivity contribution in [3.8, 4) is 23.0 Å². The van der Waals surface area contributed by atoms with E-state index in [9.17, 15) is 39.0 Å². The second kappa shape index (κ2) is 34.9. The van der Waals surface area contributed by atoms with Crippen LogP contribution in [0.5, 0.6) is 23.0 Å². The number of ether oxygens (including phenoxy) is 2. The minimum absolute atomic E-state index is 0. The summed E-state index contributed by atoms with van der Waals surface area (Å²) in [6, 6.07) is 62.0. The van der Waals surface area contributed by atoms with Gasteiger partial charge >= 0.3 is 0 Å². The Morgan fingerprint density at radius 1 is 0.411 bits per heavy atom. The van der Waals surface area contributed by atoms with Crippen molar-refractivity contribution < 1.29 is 48.5 Å². The average molecular weight is 1530 g/mol. The van der Waals surface area contributed by atoms with Gasteiger partial charge in [-0.1, -0.05) is 110 Å². The summed E-state index contributed by atoms with van der Waals surface area (Å²) in [5.74, 6) is 3.92. The first kappa shape index (κ1) is 77.3. The zero-order valence-electron chi connectivity index (χ0n) is 64.2. The molecule has 0 saturated carbocycles. The van der Waals surface area contributed by atoms with Gasteiger partial charge in [0.25, 0.3) is 11.8 Å². The number of nitrogens with one attached hydrogen (secondary N) is 3. The number of phenols is 2. The number of carbonyl (C=O) groups excluding carboxylic acids is 6. The maximum atomic E-state index is 13.1. The largest absolute Gasteiger partial charge is 0.508 e. The predicted octanol–water partition coefficient (Wildman–Crippen LogP) is 14.7. The molecule has 8 aromatic carbocycles. The Bertz CT molecular complexity index is 4670. The molecule has 18 nitrogen and oxygen atoms in total. The molecule has 8 aliphatic heterocycles. The molecule has 112 heavy (non-hydrogen) atoms. The summed E-state index contributed by atoms with van der Waals surface area (Å²) in [4.78, 5) is 84.1. The number of phenolic OH excluding ortho intramolecular Hbond substituents is 2. The highest BCUT2D eigenvalue weighted by Crippen LogP contribution is 2.50. The SMILES string of the molecule is CCC1CCN(c2ccc3c(c2)CN(C2CCC(=O)NC2=O)C3=O)CC1.Cl.O=C1CCC(N2Cc3cc(N4CCC(CN5CCC(Oc6ccc([C@@H]7c8ccc(O)cc8CC[C@@H]7c7ccccc7)cc6)CC5)CC4)ccc3C2=O)C(=O)N1.Oc1ccc2c(c1)CC[C@H](c1ccccc1)[C@@H]2c1ccc(OC2CCNCC2)cc1. The van der Waals surface area contributed by atoms with E-state index in [2.05, 4.69) is 171 Å². The van der Waals surface area contributed by atoms with Crippen molar-refractivity contribution in [2.75, 3.05) is 68.7 Å². The van der Waals surface area contributed by atoms with Crippen molar-refractivity contribution in [1.82, 2.24) is 30.7 Å². The zero-order valence-corrected chi connectivity index (χ0v) is 65.0. The number of rotatable bonds is 15. The third kappa shape index (κ3) is 17.3. The standard InChI is InChI=1S/C46H50N4O5.C27H29NO2.C20H25N3O3.ClH/c51-36-10-15-40-33(27-36)8-13-39(31-4-2-1-3-5-31)44(40)32-6-11-37(12-7-32)55-38-20-22-48(23-21-38)28-30-18-24-49(25-19-30)35-9-14-41-34(26-35)29-50(46(41)54)42-16-17-43(52)47-45(42)53;29-22-9-13-26-21(18-22)8-12-25(19-4-2-1-3-5-19)27(26)20-6-10-23(11-7-20)30-24-14-16-28-17-15-24;1-2-13-7-9-22(10-8-13)15-3-4-16-14(11-15)12-23(20(16)26)17-5-6-18(24)21-19(17)25;/h1-7,9-12,14-15,26-27,30,38-39,42,44,51H,8,13,16-25,28-29H2,(H,47,52,53);1-7,9-11,13,18,24-25,27-29H,8,12,14-17H2;3-4,11,13,17H,2,5-10,12H2,1H3,(H,21,24,25);1H/t39-,42?,44+;25-,27+;;/m11../s1. The molecule has 0 spiro atoms. The quantitative estimate of drug-likeness (QED) is 0.0604. The van der Waals surface area contributed by atoms with Crippen LogP contribution in [0.1, 0.15) is 203 Å². The Morgan fingerprint density at radius 2 is 0.839 bits per heavy atom. The van der Waals surface area contributed by atoms with Gasteiger partial charge in [0.1, 0.15) is 47.3 Å². The zero-order chi connectivity index (χ0) is 76.1. The molecule has 6 amide bonds. The van der Waals surface area contributed by atoms with E-state index in [4.69, 9.17) is 9.47 Å². The number of benzene rings is 8. The Morgan fingerprint density at radius 3 is 1.27 bits per heavy atom. The van der Waals surface area contributed by atoms with Crippen LogP contribution in [0.2, 0.25) is 0 Å². The molecule has 2 unspecified atom stereocenters. The number of nitrogens with zero attached hydrogens (tertiary/aromatic N) is 5. The van der Waals surface area contributed by atoms with Gasteiger partial charge in [0.15, 0.2) is 0 Å². The number of hydrogen-bond acceptors (Lipinski definition) is 14. The van der Waals surface area contributed by atoms with Crippen LogP contribution in [0.3, 0.4) is 0 Å². The summed E-state index contributed by atoms with van der Waals surface area (Å²) in [5, 5.41) is 28.3. The minimum atomic E-state index is -0.586. The molecule has 2 aliphatic carbocycles. The van der Waals surface area contributed by atoms with Crippen LogP contribution >= 0.6 is 12.4 Å². The molecule has 18 rings (SSSR count). The molecule has 6 atom stereocenters. The normalized spacial score (nSPS) is 23.0. The van der Waals surface area contributed by atoms with Crippen molar-refractivity contribution in [2.45, 2.75) is 177 Å². The Balaban J connectivity index is 0.000000146. The number of carbonyl (C=O) groups is 6. The highest BCUT2D eigenvalue weighted by Gasteiger charge is 2.42. The Kier molecular flexibility index (Phi) is 24.1. The number of imide groups is 2.